The molecule has 94 valence electrons. The Labute approximate surface area is 116 Å². The topological polar surface area (TPSA) is 38.9 Å². The van der Waals surface area contributed by atoms with E-state index in [1.54, 1.807) is 11.3 Å². The first-order chi connectivity index (χ1) is 9.36. The largest absolute Gasteiger partial charge is 0.325 e. The minimum absolute atomic E-state index is 0.499. The Kier molecular flexibility index (Phi) is 3.40. The van der Waals surface area contributed by atoms with Crippen LogP contribution in [-0.2, 0) is 6.54 Å². The van der Waals surface area contributed by atoms with E-state index >= 15 is 0 Å². The van der Waals surface area contributed by atoms with Crippen molar-refractivity contribution in [3.8, 4) is 21.7 Å². The van der Waals surface area contributed by atoms with Crippen LogP contribution < -0.4 is 5.73 Å². The molecule has 2 N–H and O–H groups in total. The van der Waals surface area contributed by atoms with E-state index in [4.69, 9.17) is 5.73 Å². The summed E-state index contributed by atoms with van der Waals surface area (Å²) >= 11 is 1.64. The van der Waals surface area contributed by atoms with Crippen LogP contribution in [0.5, 0.6) is 0 Å². The van der Waals surface area contributed by atoms with Gasteiger partial charge in [0.2, 0.25) is 0 Å². The highest BCUT2D eigenvalue weighted by atomic mass is 32.1. The summed E-state index contributed by atoms with van der Waals surface area (Å²) in [6, 6.07) is 18.9. The standard InChI is InChI=1S/C16H14N2S/c17-10-15-11-19-16(18-15)14-8-6-13(7-9-14)12-4-2-1-3-5-12/h1-9,11H,10,17H2. The molecule has 0 aliphatic carbocycles. The zero-order valence-corrected chi connectivity index (χ0v) is 11.2. The first-order valence-corrected chi connectivity index (χ1v) is 7.05. The highest BCUT2D eigenvalue weighted by Crippen LogP contribution is 2.26. The maximum Gasteiger partial charge on any atom is 0.123 e. The number of nitrogens with two attached hydrogens (primary N) is 1. The Bertz CT molecular complexity index is 657. The molecule has 0 bridgehead atoms. The van der Waals surface area contributed by atoms with Crippen molar-refractivity contribution in [2.45, 2.75) is 6.54 Å². The highest BCUT2D eigenvalue weighted by molar-refractivity contribution is 7.13. The number of rotatable bonds is 3. The van der Waals surface area contributed by atoms with E-state index in [0.29, 0.717) is 6.54 Å². The summed E-state index contributed by atoms with van der Waals surface area (Å²) in [6.07, 6.45) is 0. The SMILES string of the molecule is NCc1csc(-c2ccc(-c3ccccc3)cc2)n1. The third kappa shape index (κ3) is 2.57. The van der Waals surface area contributed by atoms with Crippen LogP contribution in [0, 0.1) is 0 Å². The van der Waals surface area contributed by atoms with Crippen molar-refractivity contribution in [3.63, 3.8) is 0 Å². The summed E-state index contributed by atoms with van der Waals surface area (Å²) in [5.41, 5.74) is 10.1. The average Bonchev–Trinajstić information content (AvgIpc) is 2.97. The van der Waals surface area contributed by atoms with E-state index in [1.165, 1.54) is 11.1 Å². The lowest BCUT2D eigenvalue weighted by Gasteiger charge is -2.02. The van der Waals surface area contributed by atoms with Crippen LogP contribution in [0.1, 0.15) is 5.69 Å². The molecule has 0 atom stereocenters. The van der Waals surface area contributed by atoms with Gasteiger partial charge < -0.3 is 5.73 Å². The Hall–Kier alpha value is -1.97. The van der Waals surface area contributed by atoms with Crippen LogP contribution in [0.25, 0.3) is 21.7 Å². The maximum absolute atomic E-state index is 5.59. The molecule has 3 rings (SSSR count). The molecule has 0 aliphatic heterocycles. The number of hydrogen-bond donors (Lipinski definition) is 1. The lowest BCUT2D eigenvalue weighted by Crippen LogP contribution is -1.95. The second-order valence-electron chi connectivity index (χ2n) is 4.29. The van der Waals surface area contributed by atoms with E-state index in [9.17, 15) is 0 Å². The Morgan fingerprint density at radius 2 is 1.47 bits per heavy atom. The highest BCUT2D eigenvalue weighted by Gasteiger charge is 2.04. The number of nitrogens with zero attached hydrogens (tertiary/aromatic N) is 1. The molecule has 0 spiro atoms. The zero-order chi connectivity index (χ0) is 13.1. The second kappa shape index (κ2) is 5.34. The Morgan fingerprint density at radius 1 is 0.842 bits per heavy atom. The summed E-state index contributed by atoms with van der Waals surface area (Å²) in [6.45, 7) is 0.499. The molecule has 3 aromatic rings. The quantitative estimate of drug-likeness (QED) is 0.780. The molecule has 0 fully saturated rings. The molecular formula is C16H14N2S. The van der Waals surface area contributed by atoms with E-state index in [-0.39, 0.29) is 0 Å². The summed E-state index contributed by atoms with van der Waals surface area (Å²) in [5.74, 6) is 0. The second-order valence-corrected chi connectivity index (χ2v) is 5.15. The Morgan fingerprint density at radius 3 is 2.11 bits per heavy atom. The smallest absolute Gasteiger partial charge is 0.123 e. The van der Waals surface area contributed by atoms with Crippen LogP contribution in [0.2, 0.25) is 0 Å². The predicted molar refractivity (Wildman–Crippen MR) is 80.9 cm³/mol. The fourth-order valence-corrected chi connectivity index (χ4v) is 2.81. The van der Waals surface area contributed by atoms with Crippen molar-refractivity contribution in [1.29, 1.82) is 0 Å². The molecule has 0 saturated heterocycles. The van der Waals surface area contributed by atoms with Crippen LogP contribution in [0.15, 0.2) is 60.0 Å². The third-order valence-electron chi connectivity index (χ3n) is 3.00. The third-order valence-corrected chi connectivity index (χ3v) is 3.94. The fraction of sp³-hybridized carbons (Fsp3) is 0.0625. The fourth-order valence-electron chi connectivity index (χ4n) is 1.97. The van der Waals surface area contributed by atoms with E-state index in [2.05, 4.69) is 53.5 Å². The van der Waals surface area contributed by atoms with E-state index in [1.807, 2.05) is 11.4 Å². The van der Waals surface area contributed by atoms with Crippen LogP contribution in [0.4, 0.5) is 0 Å². The molecule has 0 amide bonds. The van der Waals surface area contributed by atoms with Gasteiger partial charge in [-0.1, -0.05) is 54.6 Å². The lowest BCUT2D eigenvalue weighted by atomic mass is 10.0. The van der Waals surface area contributed by atoms with Crippen LogP contribution in [0.3, 0.4) is 0 Å². The van der Waals surface area contributed by atoms with E-state index < -0.39 is 0 Å². The molecule has 2 aromatic carbocycles. The predicted octanol–water partition coefficient (Wildman–Crippen LogP) is 3.94. The van der Waals surface area contributed by atoms with Gasteiger partial charge >= 0.3 is 0 Å². The lowest BCUT2D eigenvalue weighted by molar-refractivity contribution is 1.01. The molecular weight excluding hydrogens is 252 g/mol. The number of benzene rings is 2. The summed E-state index contributed by atoms with van der Waals surface area (Å²) in [7, 11) is 0. The zero-order valence-electron chi connectivity index (χ0n) is 10.4. The van der Waals surface area contributed by atoms with Gasteiger partial charge in [0.15, 0.2) is 0 Å². The average molecular weight is 266 g/mol. The number of thiazole rings is 1. The Balaban J connectivity index is 1.90. The van der Waals surface area contributed by atoms with Gasteiger partial charge in [0.25, 0.3) is 0 Å². The summed E-state index contributed by atoms with van der Waals surface area (Å²) < 4.78 is 0. The molecule has 3 heteroatoms. The molecule has 2 nitrogen and oxygen atoms in total. The van der Waals surface area contributed by atoms with Crippen LogP contribution >= 0.6 is 11.3 Å². The minimum atomic E-state index is 0.499. The van der Waals surface area contributed by atoms with Crippen molar-refractivity contribution in [2.24, 2.45) is 5.73 Å². The summed E-state index contributed by atoms with van der Waals surface area (Å²) in [5, 5.41) is 3.04. The van der Waals surface area contributed by atoms with Crippen molar-refractivity contribution in [1.82, 2.24) is 4.98 Å². The van der Waals surface area contributed by atoms with Gasteiger partial charge in [-0.3, -0.25) is 0 Å². The molecule has 0 saturated carbocycles. The number of aromatic nitrogens is 1. The van der Waals surface area contributed by atoms with E-state index in [0.717, 1.165) is 16.3 Å². The monoisotopic (exact) mass is 266 g/mol. The van der Waals surface area contributed by atoms with Gasteiger partial charge in [-0.05, 0) is 11.1 Å². The maximum atomic E-state index is 5.59. The minimum Gasteiger partial charge on any atom is -0.325 e. The van der Waals surface area contributed by atoms with Gasteiger partial charge in [0.05, 0.1) is 5.69 Å². The molecule has 0 aliphatic rings. The van der Waals surface area contributed by atoms with Gasteiger partial charge in [0, 0.05) is 17.5 Å². The number of hydrogen-bond acceptors (Lipinski definition) is 3. The van der Waals surface area contributed by atoms with Gasteiger partial charge in [-0.15, -0.1) is 11.3 Å². The summed E-state index contributed by atoms with van der Waals surface area (Å²) in [4.78, 5) is 4.49. The van der Waals surface area contributed by atoms with Crippen molar-refractivity contribution in [3.05, 3.63) is 65.7 Å². The molecule has 1 aromatic heterocycles. The van der Waals surface area contributed by atoms with Gasteiger partial charge in [-0.2, -0.15) is 0 Å². The van der Waals surface area contributed by atoms with Crippen LogP contribution in [-0.4, -0.2) is 4.98 Å². The molecule has 0 unspecified atom stereocenters. The molecule has 19 heavy (non-hydrogen) atoms. The molecule has 1 heterocycles. The van der Waals surface area contributed by atoms with Gasteiger partial charge in [0.1, 0.15) is 5.01 Å². The molecule has 0 radical (unpaired) electrons. The van der Waals surface area contributed by atoms with Crippen molar-refractivity contribution >= 4 is 11.3 Å². The normalized spacial score (nSPS) is 10.6. The first-order valence-electron chi connectivity index (χ1n) is 6.17. The first kappa shape index (κ1) is 12.1. The van der Waals surface area contributed by atoms with Crippen molar-refractivity contribution < 1.29 is 0 Å². The van der Waals surface area contributed by atoms with Gasteiger partial charge in [-0.25, -0.2) is 4.98 Å². The van der Waals surface area contributed by atoms with Crippen molar-refractivity contribution in [2.75, 3.05) is 0 Å².